The van der Waals surface area contributed by atoms with E-state index in [1.54, 1.807) is 0 Å². The second-order valence-corrected chi connectivity index (χ2v) is 2.27. The normalized spacial score (nSPS) is 9.62. The number of phenols is 2. The van der Waals surface area contributed by atoms with Gasteiger partial charge in [0.2, 0.25) is 0 Å². The minimum Gasteiger partial charge on any atom is -0.504 e. The molecule has 0 amide bonds. The number of rotatable bonds is 2. The van der Waals surface area contributed by atoms with Crippen molar-refractivity contribution in [3.8, 4) is 17.2 Å². The van der Waals surface area contributed by atoms with E-state index < -0.39 is 16.4 Å². The zero-order chi connectivity index (χ0) is 10.0. The minimum atomic E-state index is -0.767. The third kappa shape index (κ3) is 1.61. The first-order valence-electron chi connectivity index (χ1n) is 3.30. The maximum atomic E-state index is 10.3. The first-order chi connectivity index (χ1) is 6.06. The van der Waals surface area contributed by atoms with Crippen LogP contribution in [-0.4, -0.2) is 22.2 Å². The van der Waals surface area contributed by atoms with Gasteiger partial charge in [-0.15, -0.1) is 0 Å². The lowest BCUT2D eigenvalue weighted by molar-refractivity contribution is -0.386. The molecule has 6 nitrogen and oxygen atoms in total. The number of hydrogen-bond donors (Lipinski definition) is 2. The molecule has 0 aromatic heterocycles. The average Bonchev–Trinajstić information content (AvgIpc) is 2.03. The molecule has 0 atom stereocenters. The second kappa shape index (κ2) is 3.18. The number of nitro benzene ring substituents is 1. The summed E-state index contributed by atoms with van der Waals surface area (Å²) < 4.78 is 4.63. The number of ether oxygens (including phenoxy) is 1. The molecule has 0 radical (unpaired) electrons. The quantitative estimate of drug-likeness (QED) is 0.529. The fourth-order valence-corrected chi connectivity index (χ4v) is 0.856. The van der Waals surface area contributed by atoms with Crippen molar-refractivity contribution in [2.24, 2.45) is 0 Å². The van der Waals surface area contributed by atoms with Gasteiger partial charge in [-0.3, -0.25) is 10.1 Å². The molecule has 6 heteroatoms. The van der Waals surface area contributed by atoms with Crippen LogP contribution < -0.4 is 4.74 Å². The highest BCUT2D eigenvalue weighted by molar-refractivity contribution is 5.56. The van der Waals surface area contributed by atoms with E-state index in [0.29, 0.717) is 0 Å². The van der Waals surface area contributed by atoms with Crippen LogP contribution in [0.3, 0.4) is 0 Å². The summed E-state index contributed by atoms with van der Waals surface area (Å²) >= 11 is 0. The number of aromatic hydroxyl groups is 2. The Hall–Kier alpha value is -1.98. The van der Waals surface area contributed by atoms with E-state index in [4.69, 9.17) is 10.2 Å². The Bertz CT molecular complexity index is 349. The van der Waals surface area contributed by atoms with Crippen LogP contribution in [0.5, 0.6) is 17.2 Å². The molecular formula is C7H7NO5. The molecule has 0 heterocycles. The minimum absolute atomic E-state index is 0.0514. The monoisotopic (exact) mass is 185 g/mol. The zero-order valence-electron chi connectivity index (χ0n) is 6.72. The Morgan fingerprint density at radius 1 is 1.38 bits per heavy atom. The molecule has 0 aliphatic rings. The summed E-state index contributed by atoms with van der Waals surface area (Å²) in [5.74, 6) is -0.988. The van der Waals surface area contributed by atoms with Crippen molar-refractivity contribution in [3.63, 3.8) is 0 Å². The molecule has 0 unspecified atom stereocenters. The number of phenolic OH excluding ortho intramolecular Hbond substituents is 2. The summed E-state index contributed by atoms with van der Waals surface area (Å²) in [6, 6.07) is 1.81. The number of hydrogen-bond acceptors (Lipinski definition) is 5. The van der Waals surface area contributed by atoms with Crippen molar-refractivity contribution in [2.75, 3.05) is 7.11 Å². The van der Waals surface area contributed by atoms with Crippen molar-refractivity contribution in [1.29, 1.82) is 0 Å². The fourth-order valence-electron chi connectivity index (χ4n) is 0.856. The predicted octanol–water partition coefficient (Wildman–Crippen LogP) is 1.01. The summed E-state index contributed by atoms with van der Waals surface area (Å²) in [4.78, 5) is 9.54. The number of nitro groups is 1. The molecule has 0 saturated heterocycles. The standard InChI is InChI=1S/C7H7NO5/c1-13-7-2-4(8(11)12)5(9)3-6(7)10/h2-3,9-10H,1H3. The summed E-state index contributed by atoms with van der Waals surface area (Å²) in [5.41, 5.74) is -0.505. The average molecular weight is 185 g/mol. The van der Waals surface area contributed by atoms with Crippen molar-refractivity contribution in [3.05, 3.63) is 22.2 Å². The molecule has 13 heavy (non-hydrogen) atoms. The van der Waals surface area contributed by atoms with Gasteiger partial charge in [0.1, 0.15) is 0 Å². The highest BCUT2D eigenvalue weighted by atomic mass is 16.6. The van der Waals surface area contributed by atoms with E-state index in [0.717, 1.165) is 12.1 Å². The molecule has 0 aliphatic carbocycles. The van der Waals surface area contributed by atoms with E-state index in [1.807, 2.05) is 0 Å². The smallest absolute Gasteiger partial charge is 0.314 e. The number of benzene rings is 1. The molecule has 1 aromatic rings. The summed E-state index contributed by atoms with van der Waals surface area (Å²) in [6.45, 7) is 0. The maximum absolute atomic E-state index is 10.3. The van der Waals surface area contributed by atoms with E-state index >= 15 is 0 Å². The van der Waals surface area contributed by atoms with E-state index in [9.17, 15) is 10.1 Å². The fraction of sp³-hybridized carbons (Fsp3) is 0.143. The third-order valence-electron chi connectivity index (χ3n) is 1.47. The zero-order valence-corrected chi connectivity index (χ0v) is 6.72. The van der Waals surface area contributed by atoms with Crippen molar-refractivity contribution in [2.45, 2.75) is 0 Å². The Balaban J connectivity index is 3.30. The van der Waals surface area contributed by atoms with Crippen LogP contribution in [0.25, 0.3) is 0 Å². The predicted molar refractivity (Wildman–Crippen MR) is 43.0 cm³/mol. The third-order valence-corrected chi connectivity index (χ3v) is 1.47. The van der Waals surface area contributed by atoms with E-state index in [1.165, 1.54) is 7.11 Å². The van der Waals surface area contributed by atoms with Crippen molar-refractivity contribution < 1.29 is 19.9 Å². The SMILES string of the molecule is COc1cc([N+](=O)[O-])c(O)cc1O. The van der Waals surface area contributed by atoms with E-state index in [2.05, 4.69) is 4.74 Å². The maximum Gasteiger partial charge on any atom is 0.314 e. The van der Waals surface area contributed by atoms with Gasteiger partial charge in [-0.25, -0.2) is 0 Å². The topological polar surface area (TPSA) is 92.8 Å². The van der Waals surface area contributed by atoms with Gasteiger partial charge in [0.05, 0.1) is 18.1 Å². The van der Waals surface area contributed by atoms with Gasteiger partial charge in [0.15, 0.2) is 17.2 Å². The van der Waals surface area contributed by atoms with Gasteiger partial charge in [0, 0.05) is 6.07 Å². The Kier molecular flexibility index (Phi) is 2.23. The first kappa shape index (κ1) is 9.11. The molecular weight excluding hydrogens is 178 g/mol. The summed E-state index contributed by atoms with van der Waals surface area (Å²) in [7, 11) is 1.26. The Labute approximate surface area is 73.2 Å². The van der Waals surface area contributed by atoms with Crippen LogP contribution in [-0.2, 0) is 0 Å². The van der Waals surface area contributed by atoms with Gasteiger partial charge in [-0.1, -0.05) is 0 Å². The van der Waals surface area contributed by atoms with Crippen molar-refractivity contribution in [1.82, 2.24) is 0 Å². The molecule has 0 spiro atoms. The van der Waals surface area contributed by atoms with E-state index in [-0.39, 0.29) is 11.5 Å². The summed E-state index contributed by atoms with van der Waals surface area (Å²) in [5, 5.41) is 28.4. The number of nitrogens with zero attached hydrogens (tertiary/aromatic N) is 1. The van der Waals surface area contributed by atoms with Gasteiger partial charge in [-0.05, 0) is 0 Å². The second-order valence-electron chi connectivity index (χ2n) is 2.27. The van der Waals surface area contributed by atoms with Gasteiger partial charge in [-0.2, -0.15) is 0 Å². The van der Waals surface area contributed by atoms with Crippen LogP contribution in [0, 0.1) is 10.1 Å². The molecule has 1 aromatic carbocycles. The molecule has 70 valence electrons. The highest BCUT2D eigenvalue weighted by Gasteiger charge is 2.17. The molecule has 0 bridgehead atoms. The molecule has 0 aliphatic heterocycles. The lowest BCUT2D eigenvalue weighted by Gasteiger charge is -2.03. The lowest BCUT2D eigenvalue weighted by Crippen LogP contribution is -1.91. The van der Waals surface area contributed by atoms with Crippen LogP contribution in [0.1, 0.15) is 0 Å². The molecule has 2 N–H and O–H groups in total. The largest absolute Gasteiger partial charge is 0.504 e. The Morgan fingerprint density at radius 3 is 2.46 bits per heavy atom. The Morgan fingerprint density at radius 2 is 2.00 bits per heavy atom. The van der Waals surface area contributed by atoms with Crippen LogP contribution in [0.4, 0.5) is 5.69 Å². The van der Waals surface area contributed by atoms with Crippen LogP contribution >= 0.6 is 0 Å². The number of methoxy groups -OCH3 is 1. The van der Waals surface area contributed by atoms with Gasteiger partial charge < -0.3 is 14.9 Å². The van der Waals surface area contributed by atoms with Crippen LogP contribution in [0.2, 0.25) is 0 Å². The molecule has 0 fully saturated rings. The first-order valence-corrected chi connectivity index (χ1v) is 3.30. The van der Waals surface area contributed by atoms with Crippen molar-refractivity contribution >= 4 is 5.69 Å². The molecule has 1 rings (SSSR count). The molecule has 0 saturated carbocycles. The summed E-state index contributed by atoms with van der Waals surface area (Å²) in [6.07, 6.45) is 0. The van der Waals surface area contributed by atoms with Gasteiger partial charge in [0.25, 0.3) is 0 Å². The highest BCUT2D eigenvalue weighted by Crippen LogP contribution is 2.37. The lowest BCUT2D eigenvalue weighted by atomic mass is 10.2. The van der Waals surface area contributed by atoms with Gasteiger partial charge >= 0.3 is 5.69 Å². The van der Waals surface area contributed by atoms with Crippen LogP contribution in [0.15, 0.2) is 12.1 Å².